The normalized spacial score (nSPS) is 10.6. The van der Waals surface area contributed by atoms with Gasteiger partial charge in [-0.1, -0.05) is 53.7 Å². The number of carbonyl (C=O) groups is 1. The second-order valence-corrected chi connectivity index (χ2v) is 7.29. The summed E-state index contributed by atoms with van der Waals surface area (Å²) in [6.45, 7) is 0.558. The second-order valence-electron chi connectivity index (χ2n) is 5.94. The molecule has 0 atom stereocenters. The lowest BCUT2D eigenvalue weighted by atomic mass is 10.2. The van der Waals surface area contributed by atoms with Crippen LogP contribution in [0.15, 0.2) is 58.5 Å². The number of halogens is 1. The number of para-hydroxylation sites is 1. The Morgan fingerprint density at radius 2 is 1.96 bits per heavy atom. The first-order valence-corrected chi connectivity index (χ1v) is 9.96. The summed E-state index contributed by atoms with van der Waals surface area (Å²) in [5, 5.41) is 12.7. The molecule has 28 heavy (non-hydrogen) atoms. The van der Waals surface area contributed by atoms with Crippen molar-refractivity contribution in [3.63, 3.8) is 0 Å². The average molecular weight is 413 g/mol. The first-order chi connectivity index (χ1) is 13.6. The van der Waals surface area contributed by atoms with Gasteiger partial charge in [-0.15, -0.1) is 0 Å². The fourth-order valence-electron chi connectivity index (χ4n) is 2.63. The molecule has 0 radical (unpaired) electrons. The molecule has 6 nitrogen and oxygen atoms in total. The molecule has 3 aromatic rings. The molecule has 1 aromatic heterocycles. The van der Waals surface area contributed by atoms with Crippen molar-refractivity contribution in [3.8, 4) is 6.07 Å². The molecule has 0 aliphatic rings. The molecule has 3 rings (SSSR count). The summed E-state index contributed by atoms with van der Waals surface area (Å²) in [6.07, 6.45) is 0.252. The van der Waals surface area contributed by atoms with Gasteiger partial charge < -0.3 is 5.32 Å². The monoisotopic (exact) mass is 412 g/mol. The van der Waals surface area contributed by atoms with Crippen molar-refractivity contribution >= 4 is 40.2 Å². The Bertz CT molecular complexity index is 1110. The molecule has 8 heteroatoms. The summed E-state index contributed by atoms with van der Waals surface area (Å²) >= 11 is 7.44. The van der Waals surface area contributed by atoms with Crippen LogP contribution in [0.25, 0.3) is 10.9 Å². The van der Waals surface area contributed by atoms with E-state index in [1.165, 1.54) is 16.3 Å². The van der Waals surface area contributed by atoms with Crippen molar-refractivity contribution in [3.05, 3.63) is 69.5 Å². The first kappa shape index (κ1) is 19.9. The van der Waals surface area contributed by atoms with E-state index in [2.05, 4.69) is 10.3 Å². The minimum atomic E-state index is -0.216. The number of thioether (sulfide) groups is 1. The SMILES string of the molecule is N#CCCNC(=O)CSc1nc2ccccc2c(=O)n1Cc1ccccc1Cl. The maximum Gasteiger partial charge on any atom is 0.262 e. The Morgan fingerprint density at radius 3 is 2.75 bits per heavy atom. The Morgan fingerprint density at radius 1 is 1.21 bits per heavy atom. The first-order valence-electron chi connectivity index (χ1n) is 8.59. The smallest absolute Gasteiger partial charge is 0.262 e. The van der Waals surface area contributed by atoms with Crippen LogP contribution in [0.1, 0.15) is 12.0 Å². The molecule has 0 aliphatic heterocycles. The fourth-order valence-corrected chi connectivity index (χ4v) is 3.66. The van der Waals surface area contributed by atoms with E-state index in [1.54, 1.807) is 24.3 Å². The van der Waals surface area contributed by atoms with Gasteiger partial charge in [0.05, 0.1) is 35.7 Å². The Hall–Kier alpha value is -2.82. The van der Waals surface area contributed by atoms with E-state index in [-0.39, 0.29) is 30.2 Å². The molecule has 0 aliphatic carbocycles. The molecule has 0 saturated carbocycles. The number of hydrogen-bond donors (Lipinski definition) is 1. The van der Waals surface area contributed by atoms with E-state index < -0.39 is 0 Å². The number of amides is 1. The van der Waals surface area contributed by atoms with Gasteiger partial charge in [0.15, 0.2) is 5.16 Å². The van der Waals surface area contributed by atoms with Crippen molar-refractivity contribution in [2.75, 3.05) is 12.3 Å². The lowest BCUT2D eigenvalue weighted by molar-refractivity contribution is -0.118. The molecule has 0 bridgehead atoms. The Kier molecular flexibility index (Phi) is 6.69. The van der Waals surface area contributed by atoms with Crippen LogP contribution in [-0.4, -0.2) is 27.8 Å². The van der Waals surface area contributed by atoms with Crippen molar-refractivity contribution in [2.24, 2.45) is 0 Å². The highest BCUT2D eigenvalue weighted by molar-refractivity contribution is 7.99. The van der Waals surface area contributed by atoms with Gasteiger partial charge in [-0.05, 0) is 23.8 Å². The van der Waals surface area contributed by atoms with Gasteiger partial charge in [-0.25, -0.2) is 4.98 Å². The number of nitrogens with zero attached hydrogens (tertiary/aromatic N) is 3. The number of fused-ring (bicyclic) bond motifs is 1. The fraction of sp³-hybridized carbons (Fsp3) is 0.200. The summed E-state index contributed by atoms with van der Waals surface area (Å²) in [7, 11) is 0. The average Bonchev–Trinajstić information content (AvgIpc) is 2.70. The number of hydrogen-bond acceptors (Lipinski definition) is 5. The molecular weight excluding hydrogens is 396 g/mol. The number of nitriles is 1. The van der Waals surface area contributed by atoms with Crippen LogP contribution in [0.4, 0.5) is 0 Å². The molecule has 1 amide bonds. The van der Waals surface area contributed by atoms with Crippen molar-refractivity contribution in [1.82, 2.24) is 14.9 Å². The van der Waals surface area contributed by atoms with Crippen LogP contribution < -0.4 is 10.9 Å². The zero-order valence-electron chi connectivity index (χ0n) is 14.9. The summed E-state index contributed by atoms with van der Waals surface area (Å²) in [6, 6.07) is 16.4. The number of nitrogens with one attached hydrogen (secondary N) is 1. The van der Waals surface area contributed by atoms with Crippen molar-refractivity contribution in [2.45, 2.75) is 18.1 Å². The van der Waals surface area contributed by atoms with E-state index in [4.69, 9.17) is 16.9 Å². The summed E-state index contributed by atoms with van der Waals surface area (Å²) in [5.41, 5.74) is 1.19. The molecular formula is C20H17ClN4O2S. The molecule has 0 saturated heterocycles. The zero-order chi connectivity index (χ0) is 19.9. The van der Waals surface area contributed by atoms with Crippen LogP contribution >= 0.6 is 23.4 Å². The third kappa shape index (κ3) is 4.71. The van der Waals surface area contributed by atoms with Crippen LogP contribution in [0.2, 0.25) is 5.02 Å². The van der Waals surface area contributed by atoms with Crippen molar-refractivity contribution < 1.29 is 4.79 Å². The molecule has 0 unspecified atom stereocenters. The van der Waals surface area contributed by atoms with Crippen LogP contribution in [-0.2, 0) is 11.3 Å². The molecule has 142 valence electrons. The second kappa shape index (κ2) is 9.40. The van der Waals surface area contributed by atoms with Crippen LogP contribution in [0.5, 0.6) is 0 Å². The van der Waals surface area contributed by atoms with Gasteiger partial charge in [0.2, 0.25) is 5.91 Å². The predicted octanol–water partition coefficient (Wildman–Crippen LogP) is 3.22. The van der Waals surface area contributed by atoms with E-state index in [0.717, 1.165) is 5.56 Å². The van der Waals surface area contributed by atoms with Gasteiger partial charge in [0.1, 0.15) is 0 Å². The minimum Gasteiger partial charge on any atom is -0.354 e. The highest BCUT2D eigenvalue weighted by Gasteiger charge is 2.14. The third-order valence-electron chi connectivity index (χ3n) is 4.00. The summed E-state index contributed by atoms with van der Waals surface area (Å²) in [5.74, 6) is -0.120. The number of benzene rings is 2. The van der Waals surface area contributed by atoms with E-state index >= 15 is 0 Å². The Labute approximate surface area is 171 Å². The highest BCUT2D eigenvalue weighted by Crippen LogP contribution is 2.21. The van der Waals surface area contributed by atoms with Gasteiger partial charge in [-0.3, -0.25) is 14.2 Å². The lowest BCUT2D eigenvalue weighted by Gasteiger charge is -2.14. The van der Waals surface area contributed by atoms with Crippen molar-refractivity contribution in [1.29, 1.82) is 5.26 Å². The standard InChI is InChI=1S/C20H17ClN4O2S/c21-16-8-3-1-6-14(16)12-25-19(27)15-7-2-4-9-17(15)24-20(25)28-13-18(26)23-11-5-10-22/h1-4,6-9H,5,11-13H2,(H,23,26). The molecule has 2 aromatic carbocycles. The van der Waals surface area contributed by atoms with Crippen LogP contribution in [0.3, 0.4) is 0 Å². The van der Waals surface area contributed by atoms with E-state index in [9.17, 15) is 9.59 Å². The minimum absolute atomic E-state index is 0.0960. The lowest BCUT2D eigenvalue weighted by Crippen LogP contribution is -2.27. The van der Waals surface area contributed by atoms with Gasteiger partial charge >= 0.3 is 0 Å². The number of rotatable bonds is 7. The van der Waals surface area contributed by atoms with E-state index in [1.807, 2.05) is 30.3 Å². The molecule has 1 N–H and O–H groups in total. The Balaban J connectivity index is 1.93. The quantitative estimate of drug-likeness (QED) is 0.365. The predicted molar refractivity (Wildman–Crippen MR) is 111 cm³/mol. The maximum atomic E-state index is 13.1. The highest BCUT2D eigenvalue weighted by atomic mass is 35.5. The number of carbonyl (C=O) groups excluding carboxylic acids is 1. The van der Waals surface area contributed by atoms with Crippen LogP contribution in [0, 0.1) is 11.3 Å². The summed E-state index contributed by atoms with van der Waals surface area (Å²) < 4.78 is 1.54. The molecule has 0 fully saturated rings. The topological polar surface area (TPSA) is 87.8 Å². The maximum absolute atomic E-state index is 13.1. The largest absolute Gasteiger partial charge is 0.354 e. The molecule has 1 heterocycles. The van der Waals surface area contributed by atoms with Gasteiger partial charge in [-0.2, -0.15) is 5.26 Å². The van der Waals surface area contributed by atoms with Gasteiger partial charge in [0.25, 0.3) is 5.56 Å². The number of aromatic nitrogens is 2. The zero-order valence-corrected chi connectivity index (χ0v) is 16.5. The summed E-state index contributed by atoms with van der Waals surface area (Å²) in [4.78, 5) is 29.6. The molecule has 0 spiro atoms. The van der Waals surface area contributed by atoms with E-state index in [0.29, 0.717) is 27.6 Å². The van der Waals surface area contributed by atoms with Gasteiger partial charge in [0, 0.05) is 11.6 Å². The third-order valence-corrected chi connectivity index (χ3v) is 5.35.